The van der Waals surface area contributed by atoms with Gasteiger partial charge in [-0.15, -0.1) is 0 Å². The first-order valence-electron chi connectivity index (χ1n) is 9.95. The molecule has 0 atom stereocenters. The molecule has 2 aromatic carbocycles. The fourth-order valence-corrected chi connectivity index (χ4v) is 3.03. The van der Waals surface area contributed by atoms with Crippen molar-refractivity contribution in [2.75, 3.05) is 30.3 Å². The minimum absolute atomic E-state index is 0.0583. The van der Waals surface area contributed by atoms with Gasteiger partial charge in [0, 0.05) is 30.0 Å². The molecule has 0 heterocycles. The summed E-state index contributed by atoms with van der Waals surface area (Å²) in [5, 5.41) is 6.04. The van der Waals surface area contributed by atoms with Crippen LogP contribution in [0, 0.1) is 13.8 Å². The summed E-state index contributed by atoms with van der Waals surface area (Å²) in [6.07, 6.45) is 1.89. The molecule has 2 aromatic rings. The van der Waals surface area contributed by atoms with Crippen LogP contribution in [0.15, 0.2) is 42.5 Å². The summed E-state index contributed by atoms with van der Waals surface area (Å²) in [6, 6.07) is 13.2. The molecule has 0 saturated heterocycles. The average Bonchev–Trinajstić information content (AvgIpc) is 2.69. The summed E-state index contributed by atoms with van der Waals surface area (Å²) >= 11 is 0. The van der Waals surface area contributed by atoms with Gasteiger partial charge in [0.05, 0.1) is 6.54 Å². The SMILES string of the molecule is CCCN(CCC)C(=O)c1ccc(NCC(=O)Nc2cccc(C)c2C)cc1. The predicted octanol–water partition coefficient (Wildman–Crippen LogP) is 4.62. The van der Waals surface area contributed by atoms with E-state index in [1.807, 2.05) is 61.2 Å². The Morgan fingerprint density at radius 2 is 1.57 bits per heavy atom. The Morgan fingerprint density at radius 3 is 2.18 bits per heavy atom. The summed E-state index contributed by atoms with van der Waals surface area (Å²) in [4.78, 5) is 26.7. The molecule has 5 heteroatoms. The number of rotatable bonds is 9. The molecule has 0 aliphatic carbocycles. The fourth-order valence-electron chi connectivity index (χ4n) is 3.03. The Morgan fingerprint density at radius 1 is 0.929 bits per heavy atom. The molecule has 2 N–H and O–H groups in total. The Hall–Kier alpha value is -2.82. The minimum Gasteiger partial charge on any atom is -0.376 e. The second kappa shape index (κ2) is 10.5. The van der Waals surface area contributed by atoms with E-state index in [9.17, 15) is 9.59 Å². The van der Waals surface area contributed by atoms with Gasteiger partial charge in [0.1, 0.15) is 0 Å². The largest absolute Gasteiger partial charge is 0.376 e. The van der Waals surface area contributed by atoms with Crippen molar-refractivity contribution in [3.8, 4) is 0 Å². The van der Waals surface area contributed by atoms with Gasteiger partial charge in [-0.2, -0.15) is 0 Å². The number of hydrogen-bond donors (Lipinski definition) is 2. The summed E-state index contributed by atoms with van der Waals surface area (Å²) in [5.74, 6) is -0.0474. The second-order valence-corrected chi connectivity index (χ2v) is 7.02. The molecule has 0 aromatic heterocycles. The third kappa shape index (κ3) is 5.84. The zero-order chi connectivity index (χ0) is 20.5. The van der Waals surface area contributed by atoms with Crippen molar-refractivity contribution in [1.82, 2.24) is 4.90 Å². The van der Waals surface area contributed by atoms with E-state index in [1.165, 1.54) is 0 Å². The standard InChI is InChI=1S/C23H31N3O2/c1-5-14-26(15-6-2)23(28)19-10-12-20(13-11-19)24-16-22(27)25-21-9-7-8-17(3)18(21)4/h7-13,24H,5-6,14-16H2,1-4H3,(H,25,27). The lowest BCUT2D eigenvalue weighted by molar-refractivity contribution is -0.114. The lowest BCUT2D eigenvalue weighted by Gasteiger charge is -2.21. The van der Waals surface area contributed by atoms with E-state index in [2.05, 4.69) is 24.5 Å². The number of amides is 2. The van der Waals surface area contributed by atoms with E-state index in [1.54, 1.807) is 0 Å². The molecule has 0 bridgehead atoms. The molecule has 0 fully saturated rings. The maximum atomic E-state index is 12.6. The highest BCUT2D eigenvalue weighted by Crippen LogP contribution is 2.18. The normalized spacial score (nSPS) is 10.4. The molecule has 2 rings (SSSR count). The molecule has 5 nitrogen and oxygen atoms in total. The van der Waals surface area contributed by atoms with Gasteiger partial charge in [-0.3, -0.25) is 9.59 Å². The average molecular weight is 382 g/mol. The van der Waals surface area contributed by atoms with Crippen LogP contribution in [-0.4, -0.2) is 36.3 Å². The highest BCUT2D eigenvalue weighted by Gasteiger charge is 2.14. The van der Waals surface area contributed by atoms with Crippen LogP contribution in [0.3, 0.4) is 0 Å². The van der Waals surface area contributed by atoms with E-state index in [0.717, 1.165) is 48.4 Å². The van der Waals surface area contributed by atoms with Crippen LogP contribution in [0.25, 0.3) is 0 Å². The third-order valence-electron chi connectivity index (χ3n) is 4.74. The summed E-state index contributed by atoms with van der Waals surface area (Å²) < 4.78 is 0. The summed E-state index contributed by atoms with van der Waals surface area (Å²) in [6.45, 7) is 9.87. The molecule has 2 amide bonds. The third-order valence-corrected chi connectivity index (χ3v) is 4.74. The van der Waals surface area contributed by atoms with Crippen LogP contribution in [0.2, 0.25) is 0 Å². The van der Waals surface area contributed by atoms with Gasteiger partial charge in [0.15, 0.2) is 0 Å². The summed E-state index contributed by atoms with van der Waals surface area (Å²) in [5.41, 5.74) is 4.53. The van der Waals surface area contributed by atoms with Crippen molar-refractivity contribution in [1.29, 1.82) is 0 Å². The first kappa shape index (κ1) is 21.5. The van der Waals surface area contributed by atoms with Crippen molar-refractivity contribution in [3.63, 3.8) is 0 Å². The second-order valence-electron chi connectivity index (χ2n) is 7.02. The molecular formula is C23H31N3O2. The zero-order valence-electron chi connectivity index (χ0n) is 17.3. The lowest BCUT2D eigenvalue weighted by atomic mass is 10.1. The van der Waals surface area contributed by atoms with Crippen LogP contribution >= 0.6 is 0 Å². The molecule has 28 heavy (non-hydrogen) atoms. The van der Waals surface area contributed by atoms with Crippen molar-refractivity contribution in [2.24, 2.45) is 0 Å². The Balaban J connectivity index is 1.92. The molecule has 0 spiro atoms. The maximum Gasteiger partial charge on any atom is 0.253 e. The topological polar surface area (TPSA) is 61.4 Å². The van der Waals surface area contributed by atoms with E-state index >= 15 is 0 Å². The van der Waals surface area contributed by atoms with Crippen molar-refractivity contribution < 1.29 is 9.59 Å². The molecule has 0 radical (unpaired) electrons. The fraction of sp³-hybridized carbons (Fsp3) is 0.391. The highest BCUT2D eigenvalue weighted by atomic mass is 16.2. The number of nitrogens with zero attached hydrogens (tertiary/aromatic N) is 1. The van der Waals surface area contributed by atoms with Crippen LogP contribution in [0.5, 0.6) is 0 Å². The van der Waals surface area contributed by atoms with E-state index in [4.69, 9.17) is 0 Å². The van der Waals surface area contributed by atoms with E-state index < -0.39 is 0 Å². The van der Waals surface area contributed by atoms with Crippen LogP contribution in [0.1, 0.15) is 48.2 Å². The van der Waals surface area contributed by atoms with Gasteiger partial charge in [0.2, 0.25) is 5.91 Å². The lowest BCUT2D eigenvalue weighted by Crippen LogP contribution is -2.32. The highest BCUT2D eigenvalue weighted by molar-refractivity contribution is 5.95. The molecular weight excluding hydrogens is 350 g/mol. The number of carbonyl (C=O) groups is 2. The zero-order valence-corrected chi connectivity index (χ0v) is 17.3. The monoisotopic (exact) mass is 381 g/mol. The minimum atomic E-state index is -0.106. The Labute approximate surface area is 168 Å². The number of aryl methyl sites for hydroxylation is 1. The number of nitrogens with one attached hydrogen (secondary N) is 2. The van der Waals surface area contributed by atoms with Gasteiger partial charge in [-0.1, -0.05) is 26.0 Å². The van der Waals surface area contributed by atoms with E-state index in [0.29, 0.717) is 5.56 Å². The van der Waals surface area contributed by atoms with Gasteiger partial charge in [-0.25, -0.2) is 0 Å². The van der Waals surface area contributed by atoms with Crippen molar-refractivity contribution in [2.45, 2.75) is 40.5 Å². The number of anilines is 2. The first-order chi connectivity index (χ1) is 13.5. The number of hydrogen-bond acceptors (Lipinski definition) is 3. The Kier molecular flexibility index (Phi) is 8.05. The van der Waals surface area contributed by atoms with Gasteiger partial charge in [0.25, 0.3) is 5.91 Å². The number of carbonyl (C=O) groups excluding carboxylic acids is 2. The quantitative estimate of drug-likeness (QED) is 0.666. The molecule has 0 saturated carbocycles. The van der Waals surface area contributed by atoms with Crippen molar-refractivity contribution >= 4 is 23.2 Å². The van der Waals surface area contributed by atoms with Gasteiger partial charge in [-0.05, 0) is 68.1 Å². The molecule has 0 aliphatic rings. The number of benzene rings is 2. The van der Waals surface area contributed by atoms with Gasteiger partial charge >= 0.3 is 0 Å². The van der Waals surface area contributed by atoms with Crippen molar-refractivity contribution in [3.05, 3.63) is 59.2 Å². The molecule has 150 valence electrons. The summed E-state index contributed by atoms with van der Waals surface area (Å²) in [7, 11) is 0. The van der Waals surface area contributed by atoms with Crippen LogP contribution in [0.4, 0.5) is 11.4 Å². The maximum absolute atomic E-state index is 12.6. The molecule has 0 unspecified atom stereocenters. The van der Waals surface area contributed by atoms with Crippen LogP contribution < -0.4 is 10.6 Å². The first-order valence-corrected chi connectivity index (χ1v) is 9.95. The predicted molar refractivity (Wildman–Crippen MR) is 116 cm³/mol. The Bertz CT molecular complexity index is 794. The smallest absolute Gasteiger partial charge is 0.253 e. The van der Waals surface area contributed by atoms with Gasteiger partial charge < -0.3 is 15.5 Å². The molecule has 0 aliphatic heterocycles. The van der Waals surface area contributed by atoms with Crippen LogP contribution in [-0.2, 0) is 4.79 Å². The van der Waals surface area contributed by atoms with E-state index in [-0.39, 0.29) is 18.4 Å².